The molecule has 5 heteroatoms. The number of hydrogen-bond acceptors (Lipinski definition) is 5. The Morgan fingerprint density at radius 1 is 1.23 bits per heavy atom. The van der Waals surface area contributed by atoms with Crippen LogP contribution < -0.4 is 14.2 Å². The van der Waals surface area contributed by atoms with Crippen LogP contribution in [0.4, 0.5) is 0 Å². The van der Waals surface area contributed by atoms with Crippen LogP contribution in [-0.2, 0) is 6.42 Å². The van der Waals surface area contributed by atoms with Crippen LogP contribution in [0.1, 0.15) is 54.3 Å². The number of rotatable bonds is 2. The minimum Gasteiger partial charge on any atom is -0.508 e. The molecule has 2 aromatic rings. The molecule has 0 bridgehead atoms. The zero-order valence-corrected chi connectivity index (χ0v) is 15.2. The van der Waals surface area contributed by atoms with Gasteiger partial charge in [-0.2, -0.15) is 0 Å². The SMILES string of the molecule is COc1cc2c(c3c1C(=O)CC(c1ccc(O)cc1)O3)CCC(C)(C)O2. The minimum atomic E-state index is -0.387. The third-order valence-corrected chi connectivity index (χ3v) is 5.07. The number of fused-ring (bicyclic) bond motifs is 3. The number of phenolic OH excluding ortho intramolecular Hbond substituents is 1. The van der Waals surface area contributed by atoms with Crippen LogP contribution in [0.2, 0.25) is 0 Å². The van der Waals surface area contributed by atoms with Gasteiger partial charge in [0.05, 0.1) is 13.5 Å². The van der Waals surface area contributed by atoms with Crippen molar-refractivity contribution < 1.29 is 24.1 Å². The molecule has 26 heavy (non-hydrogen) atoms. The average molecular weight is 354 g/mol. The number of carbonyl (C=O) groups excluding carboxylic acids is 1. The van der Waals surface area contributed by atoms with Crippen LogP contribution in [0.3, 0.4) is 0 Å². The van der Waals surface area contributed by atoms with Gasteiger partial charge in [-0.3, -0.25) is 4.79 Å². The number of ether oxygens (including phenoxy) is 3. The Bertz CT molecular complexity index is 867. The number of hydrogen-bond donors (Lipinski definition) is 1. The number of methoxy groups -OCH3 is 1. The summed E-state index contributed by atoms with van der Waals surface area (Å²) >= 11 is 0. The van der Waals surface area contributed by atoms with Crippen LogP contribution in [0, 0.1) is 0 Å². The Balaban J connectivity index is 1.80. The molecule has 0 fully saturated rings. The third-order valence-electron chi connectivity index (χ3n) is 5.07. The summed E-state index contributed by atoms with van der Waals surface area (Å²) in [5.74, 6) is 1.96. The van der Waals surface area contributed by atoms with Crippen LogP contribution in [0.25, 0.3) is 0 Å². The van der Waals surface area contributed by atoms with E-state index < -0.39 is 0 Å². The third kappa shape index (κ3) is 2.77. The van der Waals surface area contributed by atoms with Crippen molar-refractivity contribution in [1.82, 2.24) is 0 Å². The van der Waals surface area contributed by atoms with Crippen molar-refractivity contribution in [3.05, 3.63) is 47.0 Å². The van der Waals surface area contributed by atoms with Crippen molar-refractivity contribution in [1.29, 1.82) is 0 Å². The molecule has 0 aromatic heterocycles. The Morgan fingerprint density at radius 3 is 2.65 bits per heavy atom. The number of benzene rings is 2. The lowest BCUT2D eigenvalue weighted by molar-refractivity contribution is 0.0758. The molecule has 1 N–H and O–H groups in total. The maximum absolute atomic E-state index is 12.9. The maximum Gasteiger partial charge on any atom is 0.174 e. The predicted molar refractivity (Wildman–Crippen MR) is 96.4 cm³/mol. The molecule has 0 aliphatic carbocycles. The highest BCUT2D eigenvalue weighted by atomic mass is 16.5. The fraction of sp³-hybridized carbons (Fsp3) is 0.381. The molecule has 0 saturated carbocycles. The van der Waals surface area contributed by atoms with Crippen molar-refractivity contribution in [2.75, 3.05) is 7.11 Å². The van der Waals surface area contributed by atoms with Gasteiger partial charge >= 0.3 is 0 Å². The monoisotopic (exact) mass is 354 g/mol. The lowest BCUT2D eigenvalue weighted by Gasteiger charge is -2.36. The van der Waals surface area contributed by atoms with Gasteiger partial charge in [-0.1, -0.05) is 12.1 Å². The van der Waals surface area contributed by atoms with Crippen LogP contribution in [0.5, 0.6) is 23.0 Å². The van der Waals surface area contributed by atoms with Crippen LogP contribution in [0.15, 0.2) is 30.3 Å². The van der Waals surface area contributed by atoms with Crippen molar-refractivity contribution in [2.45, 2.75) is 44.8 Å². The van der Waals surface area contributed by atoms with Gasteiger partial charge in [0.1, 0.15) is 40.3 Å². The Kier molecular flexibility index (Phi) is 3.83. The van der Waals surface area contributed by atoms with Crippen molar-refractivity contribution in [3.8, 4) is 23.0 Å². The molecular formula is C21H22O5. The van der Waals surface area contributed by atoms with E-state index >= 15 is 0 Å². The van der Waals surface area contributed by atoms with Crippen molar-refractivity contribution in [3.63, 3.8) is 0 Å². The summed E-state index contributed by atoms with van der Waals surface area (Å²) in [6.07, 6.45) is 1.48. The van der Waals surface area contributed by atoms with Gasteiger partial charge in [0.2, 0.25) is 0 Å². The fourth-order valence-corrected chi connectivity index (χ4v) is 3.64. The quantitative estimate of drug-likeness (QED) is 0.875. The second kappa shape index (κ2) is 5.94. The Labute approximate surface area is 152 Å². The second-order valence-electron chi connectivity index (χ2n) is 7.45. The molecule has 4 rings (SSSR count). The van der Waals surface area contributed by atoms with E-state index in [0.717, 1.165) is 29.7 Å². The normalized spacial score (nSPS) is 20.4. The first-order chi connectivity index (χ1) is 12.4. The first-order valence-electron chi connectivity index (χ1n) is 8.79. The van der Waals surface area contributed by atoms with E-state index in [1.165, 1.54) is 0 Å². The lowest BCUT2D eigenvalue weighted by atomic mass is 9.88. The molecule has 0 saturated heterocycles. The highest BCUT2D eigenvalue weighted by molar-refractivity contribution is 6.03. The molecule has 1 atom stereocenters. The molecule has 2 aliphatic heterocycles. The van der Waals surface area contributed by atoms with E-state index in [-0.39, 0.29) is 29.7 Å². The van der Waals surface area contributed by atoms with Crippen molar-refractivity contribution >= 4 is 5.78 Å². The van der Waals surface area contributed by atoms with E-state index in [0.29, 0.717) is 17.1 Å². The number of aromatic hydroxyl groups is 1. The van der Waals surface area contributed by atoms with E-state index in [1.54, 1.807) is 37.4 Å². The van der Waals surface area contributed by atoms with E-state index in [4.69, 9.17) is 14.2 Å². The molecule has 2 aliphatic rings. The molecule has 2 heterocycles. The Hall–Kier alpha value is -2.69. The van der Waals surface area contributed by atoms with Crippen LogP contribution >= 0.6 is 0 Å². The zero-order valence-electron chi connectivity index (χ0n) is 15.2. The summed E-state index contributed by atoms with van der Waals surface area (Å²) in [5, 5.41) is 9.50. The van der Waals surface area contributed by atoms with Gasteiger partial charge in [-0.05, 0) is 44.4 Å². The standard InChI is InChI=1S/C21H22O5/c1-21(2)9-8-14-17(26-21)11-18(24-3)19-15(23)10-16(25-20(14)19)12-4-6-13(22)7-5-12/h4-7,11,16,22H,8-10H2,1-3H3. The molecule has 0 spiro atoms. The first-order valence-corrected chi connectivity index (χ1v) is 8.79. The lowest BCUT2D eigenvalue weighted by Crippen LogP contribution is -2.33. The summed E-state index contributed by atoms with van der Waals surface area (Å²) in [6, 6.07) is 8.57. The first kappa shape index (κ1) is 16.8. The van der Waals surface area contributed by atoms with Gasteiger partial charge in [0.25, 0.3) is 0 Å². The number of phenols is 1. The summed E-state index contributed by atoms with van der Waals surface area (Å²) in [6.45, 7) is 4.10. The van der Waals surface area contributed by atoms with Gasteiger partial charge in [0, 0.05) is 11.6 Å². The largest absolute Gasteiger partial charge is 0.508 e. The molecular weight excluding hydrogens is 332 g/mol. The van der Waals surface area contributed by atoms with Crippen LogP contribution in [-0.4, -0.2) is 23.6 Å². The number of ketones is 1. The van der Waals surface area contributed by atoms with E-state index in [2.05, 4.69) is 0 Å². The van der Waals surface area contributed by atoms with Gasteiger partial charge in [0.15, 0.2) is 5.78 Å². The second-order valence-corrected chi connectivity index (χ2v) is 7.45. The molecule has 0 amide bonds. The summed E-state index contributed by atoms with van der Waals surface area (Å²) in [4.78, 5) is 12.9. The summed E-state index contributed by atoms with van der Waals surface area (Å²) in [7, 11) is 1.55. The summed E-state index contributed by atoms with van der Waals surface area (Å²) < 4.78 is 17.9. The average Bonchev–Trinajstić information content (AvgIpc) is 2.60. The fourth-order valence-electron chi connectivity index (χ4n) is 3.64. The summed E-state index contributed by atoms with van der Waals surface area (Å²) in [5.41, 5.74) is 2.03. The smallest absolute Gasteiger partial charge is 0.174 e. The minimum absolute atomic E-state index is 0.00573. The highest BCUT2D eigenvalue weighted by Crippen LogP contribution is 2.49. The molecule has 1 unspecified atom stereocenters. The predicted octanol–water partition coefficient (Wildman–Crippen LogP) is 4.21. The van der Waals surface area contributed by atoms with Gasteiger partial charge in [-0.15, -0.1) is 0 Å². The topological polar surface area (TPSA) is 65.0 Å². The molecule has 2 aromatic carbocycles. The van der Waals surface area contributed by atoms with Gasteiger partial charge in [-0.25, -0.2) is 0 Å². The maximum atomic E-state index is 12.9. The van der Waals surface area contributed by atoms with E-state index in [1.807, 2.05) is 13.8 Å². The highest BCUT2D eigenvalue weighted by Gasteiger charge is 2.37. The van der Waals surface area contributed by atoms with Gasteiger partial charge < -0.3 is 19.3 Å². The zero-order chi connectivity index (χ0) is 18.5. The molecule has 136 valence electrons. The van der Waals surface area contributed by atoms with E-state index in [9.17, 15) is 9.90 Å². The number of Topliss-reactive ketones (excluding diaryl/α,β-unsaturated/α-hetero) is 1. The number of carbonyl (C=O) groups is 1. The Morgan fingerprint density at radius 2 is 1.96 bits per heavy atom. The van der Waals surface area contributed by atoms with Crippen molar-refractivity contribution in [2.24, 2.45) is 0 Å². The molecule has 0 radical (unpaired) electrons. The molecule has 5 nitrogen and oxygen atoms in total.